The van der Waals surface area contributed by atoms with E-state index in [0.717, 1.165) is 38.5 Å². The molecule has 0 atom stereocenters. The van der Waals surface area contributed by atoms with E-state index in [1.54, 1.807) is 0 Å². The highest BCUT2D eigenvalue weighted by Gasteiger charge is 2.28. The zero-order valence-electron chi connectivity index (χ0n) is 10.2. The summed E-state index contributed by atoms with van der Waals surface area (Å²) >= 11 is 0. The first-order chi connectivity index (χ1) is 7.30. The van der Waals surface area contributed by atoms with E-state index in [0.29, 0.717) is 0 Å². The Hall–Kier alpha value is -0.120. The number of hydrogen-bond acceptors (Lipinski definition) is 3. The number of hydrogen-bond donors (Lipinski definition) is 0. The van der Waals surface area contributed by atoms with E-state index >= 15 is 0 Å². The average Bonchev–Trinajstić information content (AvgIpc) is 2.19. The summed E-state index contributed by atoms with van der Waals surface area (Å²) in [5.41, 5.74) is 0. The topological polar surface area (TPSA) is 27.7 Å². The van der Waals surface area contributed by atoms with E-state index in [2.05, 4.69) is 20.8 Å². The van der Waals surface area contributed by atoms with Crippen molar-refractivity contribution in [2.75, 3.05) is 0 Å². The molecule has 1 aliphatic heterocycles. The standard InChI is InChI=1S/C12H24O3/c1-4-7-10-13-11(8-5-2)15-12(14-10)9-6-3/h10-12H,4-9H2,1-3H3. The molecular formula is C12H24O3. The highest BCUT2D eigenvalue weighted by atomic mass is 16.9. The molecule has 0 unspecified atom stereocenters. The van der Waals surface area contributed by atoms with Crippen LogP contribution in [-0.2, 0) is 14.2 Å². The zero-order valence-corrected chi connectivity index (χ0v) is 10.2. The largest absolute Gasteiger partial charge is 0.324 e. The van der Waals surface area contributed by atoms with Crippen LogP contribution in [0.5, 0.6) is 0 Å². The maximum atomic E-state index is 5.70. The third kappa shape index (κ3) is 4.49. The van der Waals surface area contributed by atoms with Crippen molar-refractivity contribution in [1.29, 1.82) is 0 Å². The van der Waals surface area contributed by atoms with E-state index in [9.17, 15) is 0 Å². The molecule has 0 spiro atoms. The molecule has 0 bridgehead atoms. The lowest BCUT2D eigenvalue weighted by molar-refractivity contribution is -0.385. The van der Waals surface area contributed by atoms with Gasteiger partial charge in [-0.2, -0.15) is 0 Å². The van der Waals surface area contributed by atoms with E-state index in [1.807, 2.05) is 0 Å². The van der Waals surface area contributed by atoms with Crippen LogP contribution in [0.15, 0.2) is 0 Å². The Morgan fingerprint density at radius 3 is 1.07 bits per heavy atom. The van der Waals surface area contributed by atoms with Crippen LogP contribution in [0.2, 0.25) is 0 Å². The second-order valence-electron chi connectivity index (χ2n) is 4.06. The van der Waals surface area contributed by atoms with Gasteiger partial charge in [0.2, 0.25) is 0 Å². The van der Waals surface area contributed by atoms with E-state index in [4.69, 9.17) is 14.2 Å². The molecular weight excluding hydrogens is 192 g/mol. The Morgan fingerprint density at radius 2 is 0.867 bits per heavy atom. The van der Waals surface area contributed by atoms with Gasteiger partial charge in [0, 0.05) is 0 Å². The molecule has 3 nitrogen and oxygen atoms in total. The Bertz CT molecular complexity index is 126. The molecule has 1 aliphatic rings. The summed E-state index contributed by atoms with van der Waals surface area (Å²) in [6, 6.07) is 0. The average molecular weight is 216 g/mol. The van der Waals surface area contributed by atoms with Gasteiger partial charge in [0.05, 0.1) is 0 Å². The summed E-state index contributed by atoms with van der Waals surface area (Å²) in [7, 11) is 0. The maximum Gasteiger partial charge on any atom is 0.163 e. The minimum Gasteiger partial charge on any atom is -0.324 e. The second kappa shape index (κ2) is 7.20. The summed E-state index contributed by atoms with van der Waals surface area (Å²) in [5.74, 6) is 0. The first kappa shape index (κ1) is 12.9. The van der Waals surface area contributed by atoms with Gasteiger partial charge in [0.25, 0.3) is 0 Å². The van der Waals surface area contributed by atoms with Crippen molar-refractivity contribution in [2.24, 2.45) is 0 Å². The fraction of sp³-hybridized carbons (Fsp3) is 1.00. The van der Waals surface area contributed by atoms with Crippen molar-refractivity contribution >= 4 is 0 Å². The molecule has 1 fully saturated rings. The summed E-state index contributed by atoms with van der Waals surface area (Å²) in [4.78, 5) is 0. The monoisotopic (exact) mass is 216 g/mol. The zero-order chi connectivity index (χ0) is 11.1. The molecule has 0 amide bonds. The molecule has 0 N–H and O–H groups in total. The van der Waals surface area contributed by atoms with E-state index in [-0.39, 0.29) is 18.9 Å². The molecule has 1 saturated heterocycles. The Labute approximate surface area is 93.1 Å². The van der Waals surface area contributed by atoms with Crippen LogP contribution in [0.25, 0.3) is 0 Å². The van der Waals surface area contributed by atoms with Crippen LogP contribution in [0, 0.1) is 0 Å². The maximum absolute atomic E-state index is 5.70. The van der Waals surface area contributed by atoms with Gasteiger partial charge in [0.15, 0.2) is 18.9 Å². The van der Waals surface area contributed by atoms with Crippen molar-refractivity contribution in [1.82, 2.24) is 0 Å². The second-order valence-corrected chi connectivity index (χ2v) is 4.06. The first-order valence-corrected chi connectivity index (χ1v) is 6.26. The van der Waals surface area contributed by atoms with Crippen molar-refractivity contribution in [3.63, 3.8) is 0 Å². The predicted molar refractivity (Wildman–Crippen MR) is 59.3 cm³/mol. The van der Waals surface area contributed by atoms with Crippen LogP contribution < -0.4 is 0 Å². The molecule has 0 aromatic rings. The van der Waals surface area contributed by atoms with Gasteiger partial charge in [-0.1, -0.05) is 40.0 Å². The van der Waals surface area contributed by atoms with Crippen LogP contribution in [-0.4, -0.2) is 18.9 Å². The van der Waals surface area contributed by atoms with Gasteiger partial charge in [0.1, 0.15) is 0 Å². The van der Waals surface area contributed by atoms with Gasteiger partial charge in [-0.25, -0.2) is 0 Å². The lowest BCUT2D eigenvalue weighted by Gasteiger charge is -2.35. The molecule has 90 valence electrons. The third-order valence-corrected chi connectivity index (χ3v) is 2.48. The molecule has 0 saturated carbocycles. The predicted octanol–water partition coefficient (Wildman–Crippen LogP) is 3.43. The minimum absolute atomic E-state index is 0.0585. The highest BCUT2D eigenvalue weighted by molar-refractivity contribution is 4.58. The normalized spacial score (nSPS) is 31.8. The summed E-state index contributed by atoms with van der Waals surface area (Å²) < 4.78 is 17.1. The molecule has 1 rings (SSSR count). The van der Waals surface area contributed by atoms with Gasteiger partial charge in [-0.3, -0.25) is 0 Å². The van der Waals surface area contributed by atoms with Crippen molar-refractivity contribution in [2.45, 2.75) is 78.2 Å². The molecule has 0 aromatic heterocycles. The van der Waals surface area contributed by atoms with Gasteiger partial charge in [-0.15, -0.1) is 0 Å². The van der Waals surface area contributed by atoms with Gasteiger partial charge < -0.3 is 14.2 Å². The number of rotatable bonds is 6. The molecule has 1 heterocycles. The SMILES string of the molecule is CCCC1OC(CCC)OC(CCC)O1. The molecule has 3 heteroatoms. The van der Waals surface area contributed by atoms with E-state index in [1.165, 1.54) is 0 Å². The smallest absolute Gasteiger partial charge is 0.163 e. The Balaban J connectivity index is 2.40. The summed E-state index contributed by atoms with van der Waals surface area (Å²) in [6.45, 7) is 6.43. The quantitative estimate of drug-likeness (QED) is 0.680. The number of ether oxygens (including phenoxy) is 3. The third-order valence-electron chi connectivity index (χ3n) is 2.48. The fourth-order valence-electron chi connectivity index (χ4n) is 1.72. The van der Waals surface area contributed by atoms with Gasteiger partial charge in [-0.05, 0) is 19.3 Å². The molecule has 0 aromatic carbocycles. The fourth-order valence-corrected chi connectivity index (χ4v) is 1.72. The lowest BCUT2D eigenvalue weighted by Crippen LogP contribution is -2.40. The van der Waals surface area contributed by atoms with Crippen LogP contribution in [0.3, 0.4) is 0 Å². The summed E-state index contributed by atoms with van der Waals surface area (Å²) in [6.07, 6.45) is 5.97. The highest BCUT2D eigenvalue weighted by Crippen LogP contribution is 2.23. The lowest BCUT2D eigenvalue weighted by atomic mass is 10.2. The Morgan fingerprint density at radius 1 is 0.600 bits per heavy atom. The van der Waals surface area contributed by atoms with Crippen LogP contribution >= 0.6 is 0 Å². The first-order valence-electron chi connectivity index (χ1n) is 6.26. The van der Waals surface area contributed by atoms with Crippen LogP contribution in [0.1, 0.15) is 59.3 Å². The molecule has 15 heavy (non-hydrogen) atoms. The molecule has 0 aliphatic carbocycles. The summed E-state index contributed by atoms with van der Waals surface area (Å²) in [5, 5.41) is 0. The van der Waals surface area contributed by atoms with Crippen molar-refractivity contribution < 1.29 is 14.2 Å². The van der Waals surface area contributed by atoms with Crippen molar-refractivity contribution in [3.05, 3.63) is 0 Å². The Kier molecular flexibility index (Phi) is 6.22. The molecule has 0 radical (unpaired) electrons. The van der Waals surface area contributed by atoms with Gasteiger partial charge >= 0.3 is 0 Å². The van der Waals surface area contributed by atoms with Crippen LogP contribution in [0.4, 0.5) is 0 Å². The minimum atomic E-state index is -0.0585. The van der Waals surface area contributed by atoms with Crippen molar-refractivity contribution in [3.8, 4) is 0 Å². The van der Waals surface area contributed by atoms with E-state index < -0.39 is 0 Å².